The van der Waals surface area contributed by atoms with Crippen LogP contribution in [0.5, 0.6) is 0 Å². The summed E-state index contributed by atoms with van der Waals surface area (Å²) in [6.07, 6.45) is -4.67. The van der Waals surface area contributed by atoms with Crippen molar-refractivity contribution < 1.29 is 22.4 Å². The molecule has 0 saturated heterocycles. The maximum Gasteiger partial charge on any atom is 0.416 e. The zero-order valence-corrected chi connectivity index (χ0v) is 13.1. The molecule has 0 saturated carbocycles. The summed E-state index contributed by atoms with van der Waals surface area (Å²) in [7, 11) is 3.22. The van der Waals surface area contributed by atoms with Crippen molar-refractivity contribution in [3.05, 3.63) is 47.1 Å². The fraction of sp³-hybridized carbons (Fsp3) is 0.467. The highest BCUT2D eigenvalue weighted by Crippen LogP contribution is 2.32. The highest BCUT2D eigenvalue weighted by molar-refractivity contribution is 5.29. The summed E-state index contributed by atoms with van der Waals surface area (Å²) >= 11 is 0. The van der Waals surface area contributed by atoms with Crippen molar-refractivity contribution >= 4 is 0 Å². The van der Waals surface area contributed by atoms with Gasteiger partial charge >= 0.3 is 6.18 Å². The fourth-order valence-electron chi connectivity index (χ4n) is 2.12. The van der Waals surface area contributed by atoms with E-state index >= 15 is 0 Å². The fourth-order valence-corrected chi connectivity index (χ4v) is 2.12. The molecule has 2 aromatic rings. The Bertz CT molecular complexity index is 643. The van der Waals surface area contributed by atoms with Crippen LogP contribution in [0.25, 0.3) is 0 Å². The Labute approximate surface area is 132 Å². The van der Waals surface area contributed by atoms with E-state index in [2.05, 4.69) is 10.1 Å². The number of ether oxygens (including phenoxy) is 1. The van der Waals surface area contributed by atoms with Crippen LogP contribution in [-0.2, 0) is 24.0 Å². The third-order valence-corrected chi connectivity index (χ3v) is 3.37. The summed E-state index contributed by atoms with van der Waals surface area (Å²) in [5.74, 6) is 0.738. The summed E-state index contributed by atoms with van der Waals surface area (Å²) in [5, 5.41) is 3.79. The Morgan fingerprint density at radius 2 is 1.96 bits per heavy atom. The number of hydrogen-bond acceptors (Lipinski definition) is 5. The standard InChI is InChI=1S/C15H18F3N3O2/c1-10(22-3)14-19-13(23-20-14)9-21(2)8-11-6-4-5-7-12(11)15(16,17)18/h4-7,10H,8-9H2,1-3H3/t10-/m0/s1. The molecule has 0 bridgehead atoms. The van der Waals surface area contributed by atoms with Gasteiger partial charge in [-0.25, -0.2) is 0 Å². The number of aromatic nitrogens is 2. The van der Waals surface area contributed by atoms with Gasteiger partial charge in [-0.1, -0.05) is 23.4 Å². The number of halogens is 3. The third-order valence-electron chi connectivity index (χ3n) is 3.37. The first kappa shape index (κ1) is 17.4. The number of alkyl halides is 3. The quantitative estimate of drug-likeness (QED) is 0.813. The predicted molar refractivity (Wildman–Crippen MR) is 76.3 cm³/mol. The molecule has 0 unspecified atom stereocenters. The van der Waals surface area contributed by atoms with Crippen molar-refractivity contribution in [2.24, 2.45) is 0 Å². The van der Waals surface area contributed by atoms with Gasteiger partial charge in [-0.05, 0) is 25.6 Å². The van der Waals surface area contributed by atoms with E-state index in [1.807, 2.05) is 0 Å². The molecular formula is C15H18F3N3O2. The molecule has 0 radical (unpaired) electrons. The van der Waals surface area contributed by atoms with Gasteiger partial charge in [0.15, 0.2) is 5.82 Å². The van der Waals surface area contributed by atoms with Crippen LogP contribution < -0.4 is 0 Å². The molecule has 126 valence electrons. The maximum absolute atomic E-state index is 13.0. The van der Waals surface area contributed by atoms with E-state index < -0.39 is 11.7 Å². The molecule has 23 heavy (non-hydrogen) atoms. The number of hydrogen-bond donors (Lipinski definition) is 0. The van der Waals surface area contributed by atoms with E-state index in [1.54, 1.807) is 24.9 Å². The predicted octanol–water partition coefficient (Wildman–Crippen LogP) is 3.43. The number of benzene rings is 1. The van der Waals surface area contributed by atoms with Crippen LogP contribution in [0.3, 0.4) is 0 Å². The molecular weight excluding hydrogens is 311 g/mol. The molecule has 0 aliphatic carbocycles. The summed E-state index contributed by atoms with van der Waals surface area (Å²) in [6, 6.07) is 5.51. The zero-order chi connectivity index (χ0) is 17.0. The van der Waals surface area contributed by atoms with Gasteiger partial charge < -0.3 is 9.26 Å². The normalized spacial score (nSPS) is 13.5. The van der Waals surface area contributed by atoms with Crippen LogP contribution >= 0.6 is 0 Å². The van der Waals surface area contributed by atoms with Crippen LogP contribution in [0, 0.1) is 0 Å². The molecule has 5 nitrogen and oxygen atoms in total. The van der Waals surface area contributed by atoms with Crippen LogP contribution in [-0.4, -0.2) is 29.2 Å². The largest absolute Gasteiger partial charge is 0.416 e. The summed E-state index contributed by atoms with van der Waals surface area (Å²) in [5.41, 5.74) is -0.432. The molecule has 0 amide bonds. The molecule has 1 aromatic heterocycles. The summed E-state index contributed by atoms with van der Waals surface area (Å²) in [4.78, 5) is 5.85. The highest BCUT2D eigenvalue weighted by atomic mass is 19.4. The molecule has 0 spiro atoms. The van der Waals surface area contributed by atoms with Gasteiger partial charge in [0.2, 0.25) is 5.89 Å². The molecule has 2 rings (SSSR count). The second kappa shape index (κ2) is 7.10. The van der Waals surface area contributed by atoms with Crippen LogP contribution in [0.2, 0.25) is 0 Å². The molecule has 0 aliphatic heterocycles. The third kappa shape index (κ3) is 4.52. The monoisotopic (exact) mass is 329 g/mol. The van der Waals surface area contributed by atoms with Gasteiger partial charge in [0.05, 0.1) is 12.1 Å². The zero-order valence-electron chi connectivity index (χ0n) is 13.1. The Kier molecular flexibility index (Phi) is 5.38. The van der Waals surface area contributed by atoms with E-state index in [-0.39, 0.29) is 24.8 Å². The summed E-state index contributed by atoms with van der Waals surface area (Å²) in [6.45, 7) is 2.14. The highest BCUT2D eigenvalue weighted by Gasteiger charge is 2.33. The number of rotatable bonds is 6. The summed E-state index contributed by atoms with van der Waals surface area (Å²) < 4.78 is 49.1. The Balaban J connectivity index is 2.06. The van der Waals surface area contributed by atoms with Gasteiger partial charge in [-0.15, -0.1) is 0 Å². The molecule has 0 fully saturated rings. The average Bonchev–Trinajstić information content (AvgIpc) is 2.94. The minimum Gasteiger partial charge on any atom is -0.374 e. The van der Waals surface area contributed by atoms with Crippen molar-refractivity contribution in [1.29, 1.82) is 0 Å². The second-order valence-electron chi connectivity index (χ2n) is 5.25. The van der Waals surface area contributed by atoms with E-state index in [0.717, 1.165) is 6.07 Å². The van der Waals surface area contributed by atoms with Crippen molar-refractivity contribution in [2.45, 2.75) is 32.3 Å². The molecule has 1 atom stereocenters. The van der Waals surface area contributed by atoms with Crippen molar-refractivity contribution in [3.8, 4) is 0 Å². The van der Waals surface area contributed by atoms with E-state index in [4.69, 9.17) is 9.26 Å². The van der Waals surface area contributed by atoms with Crippen molar-refractivity contribution in [2.75, 3.05) is 14.2 Å². The van der Waals surface area contributed by atoms with Gasteiger partial charge in [-0.3, -0.25) is 4.90 Å². The molecule has 8 heteroatoms. The molecule has 1 aromatic carbocycles. The first-order chi connectivity index (χ1) is 10.8. The number of methoxy groups -OCH3 is 1. The van der Waals surface area contributed by atoms with E-state index in [1.165, 1.54) is 19.2 Å². The molecule has 0 aliphatic rings. The van der Waals surface area contributed by atoms with Crippen LogP contribution in [0.4, 0.5) is 13.2 Å². The van der Waals surface area contributed by atoms with Crippen LogP contribution in [0.1, 0.15) is 35.9 Å². The van der Waals surface area contributed by atoms with Gasteiger partial charge in [0, 0.05) is 13.7 Å². The second-order valence-corrected chi connectivity index (χ2v) is 5.25. The first-order valence-electron chi connectivity index (χ1n) is 7.00. The van der Waals surface area contributed by atoms with Crippen molar-refractivity contribution in [1.82, 2.24) is 15.0 Å². The SMILES string of the molecule is CO[C@@H](C)c1noc(CN(C)Cc2ccccc2C(F)(F)F)n1. The van der Waals surface area contributed by atoms with Gasteiger partial charge in [0.25, 0.3) is 0 Å². The van der Waals surface area contributed by atoms with E-state index in [9.17, 15) is 13.2 Å². The first-order valence-corrected chi connectivity index (χ1v) is 7.00. The number of nitrogens with zero attached hydrogens (tertiary/aromatic N) is 3. The average molecular weight is 329 g/mol. The minimum absolute atomic E-state index is 0.118. The Hall–Kier alpha value is -1.93. The van der Waals surface area contributed by atoms with E-state index in [0.29, 0.717) is 11.7 Å². The lowest BCUT2D eigenvalue weighted by Gasteiger charge is -2.18. The van der Waals surface area contributed by atoms with Crippen LogP contribution in [0.15, 0.2) is 28.8 Å². The minimum atomic E-state index is -4.37. The van der Waals surface area contributed by atoms with Gasteiger partial charge in [0.1, 0.15) is 6.10 Å². The lowest BCUT2D eigenvalue weighted by Crippen LogP contribution is -2.20. The van der Waals surface area contributed by atoms with Gasteiger partial charge in [-0.2, -0.15) is 18.2 Å². The Morgan fingerprint density at radius 1 is 1.26 bits per heavy atom. The Morgan fingerprint density at radius 3 is 2.61 bits per heavy atom. The van der Waals surface area contributed by atoms with Crippen molar-refractivity contribution in [3.63, 3.8) is 0 Å². The topological polar surface area (TPSA) is 51.4 Å². The lowest BCUT2D eigenvalue weighted by atomic mass is 10.1. The molecule has 1 heterocycles. The maximum atomic E-state index is 13.0. The molecule has 0 N–H and O–H groups in total. The smallest absolute Gasteiger partial charge is 0.374 e. The lowest BCUT2D eigenvalue weighted by molar-refractivity contribution is -0.138.